The molecule has 2 rings (SSSR count). The van der Waals surface area contributed by atoms with E-state index in [1.165, 1.54) is 31.2 Å². The fourth-order valence-electron chi connectivity index (χ4n) is 2.38. The first-order valence-electron chi connectivity index (χ1n) is 8.19. The third-order valence-electron chi connectivity index (χ3n) is 3.87. The standard InChI is InChI=1S/C19H22N2O4S/c1-14-5-3-4-6-16(14)13-20-19(23)11-12-26(24,25)18-9-7-17(8-10-18)21-15(2)22/h3-10H,11-13H2,1-2H3,(H,20,23)(H,21,22). The summed E-state index contributed by atoms with van der Waals surface area (Å²) in [7, 11) is -3.57. The summed E-state index contributed by atoms with van der Waals surface area (Å²) in [4.78, 5) is 23.1. The van der Waals surface area contributed by atoms with E-state index in [1.807, 2.05) is 31.2 Å². The first-order chi connectivity index (χ1) is 12.3. The van der Waals surface area contributed by atoms with Gasteiger partial charge in [0.15, 0.2) is 9.84 Å². The maximum Gasteiger partial charge on any atom is 0.221 e. The van der Waals surface area contributed by atoms with Crippen LogP contribution in [0.25, 0.3) is 0 Å². The van der Waals surface area contributed by atoms with E-state index in [9.17, 15) is 18.0 Å². The van der Waals surface area contributed by atoms with Crippen LogP contribution in [0, 0.1) is 6.92 Å². The summed E-state index contributed by atoms with van der Waals surface area (Å²) in [6.45, 7) is 3.70. The normalized spacial score (nSPS) is 11.0. The number of hydrogen-bond acceptors (Lipinski definition) is 4. The van der Waals surface area contributed by atoms with Crippen LogP contribution >= 0.6 is 0 Å². The molecule has 0 aliphatic carbocycles. The predicted molar refractivity (Wildman–Crippen MR) is 100 cm³/mol. The Labute approximate surface area is 153 Å². The molecule has 2 N–H and O–H groups in total. The maximum absolute atomic E-state index is 12.3. The average Bonchev–Trinajstić information content (AvgIpc) is 2.59. The van der Waals surface area contributed by atoms with Gasteiger partial charge >= 0.3 is 0 Å². The highest BCUT2D eigenvalue weighted by molar-refractivity contribution is 7.91. The molecular formula is C19H22N2O4S. The lowest BCUT2D eigenvalue weighted by molar-refractivity contribution is -0.120. The van der Waals surface area contributed by atoms with Crippen molar-refractivity contribution in [3.05, 3.63) is 59.7 Å². The molecule has 0 bridgehead atoms. The molecule has 26 heavy (non-hydrogen) atoms. The van der Waals surface area contributed by atoms with Crippen LogP contribution in [0.15, 0.2) is 53.4 Å². The molecule has 7 heteroatoms. The molecule has 0 fully saturated rings. The zero-order valence-electron chi connectivity index (χ0n) is 14.8. The number of sulfone groups is 1. The SMILES string of the molecule is CC(=O)Nc1ccc(S(=O)(=O)CCC(=O)NCc2ccccc2C)cc1. The molecule has 2 amide bonds. The quantitative estimate of drug-likeness (QED) is 0.778. The summed E-state index contributed by atoms with van der Waals surface area (Å²) >= 11 is 0. The topological polar surface area (TPSA) is 92.3 Å². The van der Waals surface area contributed by atoms with Crippen molar-refractivity contribution in [1.82, 2.24) is 5.32 Å². The Bertz CT molecular complexity index is 890. The second-order valence-corrected chi connectivity index (χ2v) is 8.09. The van der Waals surface area contributed by atoms with Crippen LogP contribution in [-0.4, -0.2) is 26.0 Å². The Morgan fingerprint density at radius 1 is 1.00 bits per heavy atom. The molecule has 0 unspecified atom stereocenters. The first-order valence-corrected chi connectivity index (χ1v) is 9.85. The molecule has 0 saturated carbocycles. The number of hydrogen-bond donors (Lipinski definition) is 2. The minimum atomic E-state index is -3.57. The van der Waals surface area contributed by atoms with Crippen molar-refractivity contribution in [2.24, 2.45) is 0 Å². The number of anilines is 1. The van der Waals surface area contributed by atoms with Crippen LogP contribution < -0.4 is 10.6 Å². The van der Waals surface area contributed by atoms with Crippen LogP contribution in [0.2, 0.25) is 0 Å². The number of benzene rings is 2. The number of rotatable bonds is 7. The lowest BCUT2D eigenvalue weighted by Gasteiger charge is -2.09. The smallest absolute Gasteiger partial charge is 0.221 e. The molecule has 0 heterocycles. The molecule has 0 spiro atoms. The van der Waals surface area contributed by atoms with E-state index in [1.54, 1.807) is 0 Å². The van der Waals surface area contributed by atoms with E-state index in [0.717, 1.165) is 11.1 Å². The minimum absolute atomic E-state index is 0.109. The molecule has 138 valence electrons. The highest BCUT2D eigenvalue weighted by Gasteiger charge is 2.16. The van der Waals surface area contributed by atoms with Crippen LogP contribution in [0.4, 0.5) is 5.69 Å². The van der Waals surface area contributed by atoms with Gasteiger partial charge in [-0.3, -0.25) is 9.59 Å². The first kappa shape index (κ1) is 19.7. The fourth-order valence-corrected chi connectivity index (χ4v) is 3.62. The fraction of sp³-hybridized carbons (Fsp3) is 0.263. The van der Waals surface area contributed by atoms with E-state index in [0.29, 0.717) is 12.2 Å². The van der Waals surface area contributed by atoms with Gasteiger partial charge in [0.2, 0.25) is 11.8 Å². The Morgan fingerprint density at radius 3 is 2.27 bits per heavy atom. The summed E-state index contributed by atoms with van der Waals surface area (Å²) in [5, 5.41) is 5.32. The Kier molecular flexibility index (Phi) is 6.52. The monoisotopic (exact) mass is 374 g/mol. The van der Waals surface area contributed by atoms with E-state index in [2.05, 4.69) is 10.6 Å². The number of aryl methyl sites for hydroxylation is 1. The van der Waals surface area contributed by atoms with E-state index in [-0.39, 0.29) is 28.9 Å². The van der Waals surface area contributed by atoms with Crippen molar-refractivity contribution in [2.75, 3.05) is 11.1 Å². The maximum atomic E-state index is 12.3. The molecular weight excluding hydrogens is 352 g/mol. The molecule has 0 saturated heterocycles. The number of amides is 2. The summed E-state index contributed by atoms with van der Waals surface area (Å²) in [5.74, 6) is -0.816. The van der Waals surface area contributed by atoms with Gasteiger partial charge in [0.05, 0.1) is 10.6 Å². The van der Waals surface area contributed by atoms with Crippen molar-refractivity contribution in [3.8, 4) is 0 Å². The molecule has 0 radical (unpaired) electrons. The van der Waals surface area contributed by atoms with Crippen molar-refractivity contribution >= 4 is 27.3 Å². The van der Waals surface area contributed by atoms with Gasteiger partial charge in [-0.1, -0.05) is 24.3 Å². The van der Waals surface area contributed by atoms with Gasteiger partial charge in [0, 0.05) is 25.6 Å². The number of nitrogens with one attached hydrogen (secondary N) is 2. The van der Waals surface area contributed by atoms with Gasteiger partial charge in [0.1, 0.15) is 0 Å². The molecule has 0 aliphatic heterocycles. The molecule has 0 aliphatic rings. The zero-order valence-corrected chi connectivity index (χ0v) is 15.6. The third-order valence-corrected chi connectivity index (χ3v) is 5.60. The average molecular weight is 374 g/mol. The lowest BCUT2D eigenvalue weighted by Crippen LogP contribution is -2.25. The summed E-state index contributed by atoms with van der Waals surface area (Å²) in [6, 6.07) is 13.6. The predicted octanol–water partition coefficient (Wildman–Crippen LogP) is 2.43. The molecule has 2 aromatic carbocycles. The highest BCUT2D eigenvalue weighted by Crippen LogP contribution is 2.16. The van der Waals surface area contributed by atoms with Gasteiger partial charge in [-0.2, -0.15) is 0 Å². The number of carbonyl (C=O) groups is 2. The zero-order chi connectivity index (χ0) is 19.2. The van der Waals surface area contributed by atoms with Gasteiger partial charge in [0.25, 0.3) is 0 Å². The van der Waals surface area contributed by atoms with Crippen LogP contribution in [0.5, 0.6) is 0 Å². The van der Waals surface area contributed by atoms with Crippen LogP contribution in [-0.2, 0) is 26.0 Å². The molecule has 6 nitrogen and oxygen atoms in total. The van der Waals surface area contributed by atoms with Crippen molar-refractivity contribution in [3.63, 3.8) is 0 Å². The van der Waals surface area contributed by atoms with Gasteiger partial charge in [-0.05, 0) is 42.3 Å². The Balaban J connectivity index is 1.89. The minimum Gasteiger partial charge on any atom is -0.352 e. The second-order valence-electron chi connectivity index (χ2n) is 5.98. The van der Waals surface area contributed by atoms with Gasteiger partial charge in [-0.15, -0.1) is 0 Å². The Hall–Kier alpha value is -2.67. The summed E-state index contributed by atoms with van der Waals surface area (Å²) in [6.07, 6.45) is -0.109. The second kappa shape index (κ2) is 8.62. The van der Waals surface area contributed by atoms with Crippen molar-refractivity contribution in [2.45, 2.75) is 31.7 Å². The third kappa shape index (κ3) is 5.70. The molecule has 0 aromatic heterocycles. The number of carbonyl (C=O) groups excluding carboxylic acids is 2. The van der Waals surface area contributed by atoms with E-state index in [4.69, 9.17) is 0 Å². The van der Waals surface area contributed by atoms with Crippen molar-refractivity contribution in [1.29, 1.82) is 0 Å². The summed E-state index contributed by atoms with van der Waals surface area (Å²) in [5.41, 5.74) is 2.59. The highest BCUT2D eigenvalue weighted by atomic mass is 32.2. The Morgan fingerprint density at radius 2 is 1.65 bits per heavy atom. The lowest BCUT2D eigenvalue weighted by atomic mass is 10.1. The van der Waals surface area contributed by atoms with Gasteiger partial charge < -0.3 is 10.6 Å². The van der Waals surface area contributed by atoms with E-state index >= 15 is 0 Å². The van der Waals surface area contributed by atoms with Gasteiger partial charge in [-0.25, -0.2) is 8.42 Å². The van der Waals surface area contributed by atoms with Crippen molar-refractivity contribution < 1.29 is 18.0 Å². The van der Waals surface area contributed by atoms with Crippen LogP contribution in [0.3, 0.4) is 0 Å². The molecule has 0 atom stereocenters. The molecule has 2 aromatic rings. The largest absolute Gasteiger partial charge is 0.352 e. The van der Waals surface area contributed by atoms with E-state index < -0.39 is 9.84 Å². The summed E-state index contributed by atoms with van der Waals surface area (Å²) < 4.78 is 24.7. The van der Waals surface area contributed by atoms with Crippen LogP contribution in [0.1, 0.15) is 24.5 Å².